The van der Waals surface area contributed by atoms with Crippen molar-refractivity contribution in [3.05, 3.63) is 35.0 Å². The van der Waals surface area contributed by atoms with E-state index in [1.165, 1.54) is 0 Å². The largest absolute Gasteiger partial charge is 0.419 e. The van der Waals surface area contributed by atoms with Crippen LogP contribution in [0.2, 0.25) is 5.02 Å². The van der Waals surface area contributed by atoms with Gasteiger partial charge in [-0.05, 0) is 37.0 Å². The highest BCUT2D eigenvalue weighted by Crippen LogP contribution is 2.31. The van der Waals surface area contributed by atoms with Crippen molar-refractivity contribution in [3.8, 4) is 17.5 Å². The molecule has 0 unspecified atom stereocenters. The lowest BCUT2D eigenvalue weighted by molar-refractivity contribution is 0.418. The first-order valence-corrected chi connectivity index (χ1v) is 7.47. The molecule has 108 valence electrons. The third kappa shape index (κ3) is 2.88. The van der Waals surface area contributed by atoms with Crippen LogP contribution in [-0.4, -0.2) is 18.1 Å². The summed E-state index contributed by atoms with van der Waals surface area (Å²) in [6.45, 7) is 4.06. The van der Waals surface area contributed by atoms with Crippen LogP contribution in [0.1, 0.15) is 25.5 Å². The highest BCUT2D eigenvalue weighted by molar-refractivity contribution is 6.30. The minimum Gasteiger partial charge on any atom is -0.419 e. The van der Waals surface area contributed by atoms with E-state index < -0.39 is 0 Å². The molecular formula is C16H16ClN3O. The van der Waals surface area contributed by atoms with Crippen molar-refractivity contribution in [2.24, 2.45) is 5.92 Å². The van der Waals surface area contributed by atoms with Gasteiger partial charge < -0.3 is 9.32 Å². The van der Waals surface area contributed by atoms with Gasteiger partial charge in [-0.1, -0.05) is 24.6 Å². The first-order chi connectivity index (χ1) is 10.2. The third-order valence-corrected chi connectivity index (χ3v) is 4.09. The number of nitriles is 1. The molecule has 21 heavy (non-hydrogen) atoms. The lowest BCUT2D eigenvalue weighted by atomic mass is 9.99. The van der Waals surface area contributed by atoms with E-state index in [-0.39, 0.29) is 0 Å². The molecule has 0 N–H and O–H groups in total. The van der Waals surface area contributed by atoms with Crippen molar-refractivity contribution in [3.63, 3.8) is 0 Å². The zero-order chi connectivity index (χ0) is 14.8. The van der Waals surface area contributed by atoms with Crippen LogP contribution in [0.25, 0.3) is 11.5 Å². The second-order valence-corrected chi connectivity index (χ2v) is 5.90. The summed E-state index contributed by atoms with van der Waals surface area (Å²) in [5.41, 5.74) is 1.13. The van der Waals surface area contributed by atoms with Crippen LogP contribution in [0.5, 0.6) is 0 Å². The number of piperidine rings is 1. The zero-order valence-electron chi connectivity index (χ0n) is 11.8. The molecule has 0 saturated carbocycles. The van der Waals surface area contributed by atoms with Crippen molar-refractivity contribution >= 4 is 17.5 Å². The van der Waals surface area contributed by atoms with E-state index in [1.807, 2.05) is 12.1 Å². The Bertz CT molecular complexity index is 681. The van der Waals surface area contributed by atoms with E-state index in [0.717, 1.165) is 37.4 Å². The molecule has 2 aromatic rings. The first kappa shape index (κ1) is 14.0. The first-order valence-electron chi connectivity index (χ1n) is 7.09. The van der Waals surface area contributed by atoms with E-state index in [0.29, 0.717) is 22.5 Å². The fourth-order valence-corrected chi connectivity index (χ4v) is 2.75. The fourth-order valence-electron chi connectivity index (χ4n) is 2.56. The minimum atomic E-state index is 0.347. The van der Waals surface area contributed by atoms with Gasteiger partial charge in [-0.15, -0.1) is 0 Å². The number of benzene rings is 1. The van der Waals surface area contributed by atoms with Crippen LogP contribution in [-0.2, 0) is 0 Å². The second kappa shape index (κ2) is 5.79. The highest BCUT2D eigenvalue weighted by atomic mass is 35.5. The van der Waals surface area contributed by atoms with Crippen molar-refractivity contribution in [2.45, 2.75) is 19.8 Å². The number of hydrogen-bond acceptors (Lipinski definition) is 4. The Morgan fingerprint density at radius 3 is 2.81 bits per heavy atom. The van der Waals surface area contributed by atoms with Crippen LogP contribution in [0.15, 0.2) is 28.7 Å². The van der Waals surface area contributed by atoms with E-state index >= 15 is 0 Å². The molecule has 1 aliphatic heterocycles. The normalized spacial score (nSPS) is 16.0. The standard InChI is InChI=1S/C16H16ClN3O/c1-11-5-7-20(8-6-11)16-14(10-18)19-15(21-16)12-3-2-4-13(17)9-12/h2-4,9,11H,5-8H2,1H3. The monoisotopic (exact) mass is 301 g/mol. The van der Waals surface area contributed by atoms with E-state index in [1.54, 1.807) is 12.1 Å². The Kier molecular flexibility index (Phi) is 3.85. The fraction of sp³-hybridized carbons (Fsp3) is 0.375. The Labute approximate surface area is 129 Å². The lowest BCUT2D eigenvalue weighted by Crippen LogP contribution is -2.32. The quantitative estimate of drug-likeness (QED) is 0.838. The molecule has 1 aliphatic rings. The Hall–Kier alpha value is -1.99. The highest BCUT2D eigenvalue weighted by Gasteiger charge is 2.24. The average Bonchev–Trinajstić information content (AvgIpc) is 2.92. The molecule has 3 rings (SSSR count). The molecule has 4 nitrogen and oxygen atoms in total. The van der Waals surface area contributed by atoms with Gasteiger partial charge in [0.1, 0.15) is 6.07 Å². The minimum absolute atomic E-state index is 0.347. The van der Waals surface area contributed by atoms with Gasteiger partial charge in [-0.3, -0.25) is 0 Å². The van der Waals surface area contributed by atoms with Crippen molar-refractivity contribution in [1.82, 2.24) is 4.98 Å². The molecule has 2 heterocycles. The zero-order valence-corrected chi connectivity index (χ0v) is 12.6. The van der Waals surface area contributed by atoms with Gasteiger partial charge in [0.25, 0.3) is 0 Å². The van der Waals surface area contributed by atoms with Crippen molar-refractivity contribution < 1.29 is 4.42 Å². The maximum absolute atomic E-state index is 9.29. The SMILES string of the molecule is CC1CCN(c2oc(-c3cccc(Cl)c3)nc2C#N)CC1. The van der Waals surface area contributed by atoms with Crippen molar-refractivity contribution in [2.75, 3.05) is 18.0 Å². The van der Waals surface area contributed by atoms with Gasteiger partial charge in [0, 0.05) is 23.7 Å². The third-order valence-electron chi connectivity index (χ3n) is 3.86. The van der Waals surface area contributed by atoms with Crippen molar-refractivity contribution in [1.29, 1.82) is 5.26 Å². The van der Waals surface area contributed by atoms with Gasteiger partial charge in [-0.25, -0.2) is 0 Å². The molecule has 5 heteroatoms. The molecule has 0 atom stereocenters. The smallest absolute Gasteiger partial charge is 0.235 e. The lowest BCUT2D eigenvalue weighted by Gasteiger charge is -2.29. The molecule has 0 spiro atoms. The van der Waals surface area contributed by atoms with Crippen LogP contribution in [0, 0.1) is 17.2 Å². The maximum Gasteiger partial charge on any atom is 0.235 e. The summed E-state index contributed by atoms with van der Waals surface area (Å²) in [5, 5.41) is 9.91. The van der Waals surface area contributed by atoms with Crippen LogP contribution in [0.3, 0.4) is 0 Å². The van der Waals surface area contributed by atoms with Gasteiger partial charge >= 0.3 is 0 Å². The number of hydrogen-bond donors (Lipinski definition) is 0. The summed E-state index contributed by atoms with van der Waals surface area (Å²) in [5.74, 6) is 1.75. The maximum atomic E-state index is 9.29. The summed E-state index contributed by atoms with van der Waals surface area (Å²) < 4.78 is 5.86. The number of oxazole rings is 1. The molecule has 1 fully saturated rings. The molecular weight excluding hydrogens is 286 g/mol. The van der Waals surface area contributed by atoms with Gasteiger partial charge in [0.2, 0.25) is 17.5 Å². The van der Waals surface area contributed by atoms with Crippen LogP contribution < -0.4 is 4.90 Å². The average molecular weight is 302 g/mol. The van der Waals surface area contributed by atoms with Gasteiger partial charge in [0.15, 0.2) is 0 Å². The summed E-state index contributed by atoms with van der Waals surface area (Å²) in [6, 6.07) is 9.43. The molecule has 1 saturated heterocycles. The summed E-state index contributed by atoms with van der Waals surface area (Å²) >= 11 is 6.00. The summed E-state index contributed by atoms with van der Waals surface area (Å²) in [4.78, 5) is 6.42. The van der Waals surface area contributed by atoms with Gasteiger partial charge in [0.05, 0.1) is 0 Å². The molecule has 1 aromatic carbocycles. The van der Waals surface area contributed by atoms with E-state index in [4.69, 9.17) is 16.0 Å². The van der Waals surface area contributed by atoms with Crippen LogP contribution in [0.4, 0.5) is 5.88 Å². The topological polar surface area (TPSA) is 53.1 Å². The molecule has 1 aromatic heterocycles. The number of aromatic nitrogens is 1. The van der Waals surface area contributed by atoms with E-state index in [2.05, 4.69) is 22.9 Å². The van der Waals surface area contributed by atoms with E-state index in [9.17, 15) is 5.26 Å². The Morgan fingerprint density at radius 2 is 2.14 bits per heavy atom. The molecule has 0 bridgehead atoms. The summed E-state index contributed by atoms with van der Waals surface area (Å²) in [6.07, 6.45) is 2.22. The van der Waals surface area contributed by atoms with Gasteiger partial charge in [-0.2, -0.15) is 10.2 Å². The predicted molar refractivity (Wildman–Crippen MR) is 82.3 cm³/mol. The number of rotatable bonds is 2. The predicted octanol–water partition coefficient (Wildman–Crippen LogP) is 4.10. The molecule has 0 amide bonds. The number of anilines is 1. The second-order valence-electron chi connectivity index (χ2n) is 5.46. The summed E-state index contributed by atoms with van der Waals surface area (Å²) in [7, 11) is 0. The molecule has 0 radical (unpaired) electrons. The number of halogens is 1. The Balaban J connectivity index is 1.94. The molecule has 0 aliphatic carbocycles. The Morgan fingerprint density at radius 1 is 1.38 bits per heavy atom. The number of nitrogens with zero attached hydrogens (tertiary/aromatic N) is 3. The van der Waals surface area contributed by atoms with Crippen LogP contribution >= 0.6 is 11.6 Å².